The summed E-state index contributed by atoms with van der Waals surface area (Å²) in [5.74, 6) is -0.122. The molecule has 1 saturated heterocycles. The highest BCUT2D eigenvalue weighted by atomic mass is 16.6. The highest BCUT2D eigenvalue weighted by molar-refractivity contribution is 5.77. The lowest BCUT2D eigenvalue weighted by Gasteiger charge is -2.29. The van der Waals surface area contributed by atoms with Crippen molar-refractivity contribution in [2.24, 2.45) is 0 Å². The zero-order valence-electron chi connectivity index (χ0n) is 7.31. The topological polar surface area (TPSA) is 38.3 Å². The van der Waals surface area contributed by atoms with E-state index < -0.39 is 0 Å². The lowest BCUT2D eigenvalue weighted by atomic mass is 10.1. The van der Waals surface area contributed by atoms with Gasteiger partial charge in [0.25, 0.3) is 0 Å². The summed E-state index contributed by atoms with van der Waals surface area (Å²) in [7, 11) is 0. The van der Waals surface area contributed by atoms with Crippen LogP contribution in [-0.2, 0) is 9.53 Å². The number of carbonyl (C=O) groups excluding carboxylic acids is 1. The zero-order valence-corrected chi connectivity index (χ0v) is 7.31. The molecule has 0 radical (unpaired) electrons. The molecule has 1 aliphatic heterocycles. The van der Waals surface area contributed by atoms with Gasteiger partial charge in [-0.3, -0.25) is 4.79 Å². The van der Waals surface area contributed by atoms with E-state index in [-0.39, 0.29) is 17.6 Å². The quantitative estimate of drug-likeness (QED) is 0.569. The third-order valence-corrected chi connectivity index (χ3v) is 1.52. The molecule has 64 valence electrons. The van der Waals surface area contributed by atoms with Gasteiger partial charge in [-0.1, -0.05) is 0 Å². The first kappa shape index (κ1) is 8.53. The van der Waals surface area contributed by atoms with Gasteiger partial charge in [-0.05, 0) is 33.7 Å². The molecule has 1 fully saturated rings. The maximum Gasteiger partial charge on any atom is 0.323 e. The Kier molecular flexibility index (Phi) is 2.18. The van der Waals surface area contributed by atoms with Crippen LogP contribution < -0.4 is 5.32 Å². The van der Waals surface area contributed by atoms with E-state index in [9.17, 15) is 4.79 Å². The Morgan fingerprint density at radius 1 is 1.55 bits per heavy atom. The molecular formula is C8H15NO2. The average molecular weight is 157 g/mol. The van der Waals surface area contributed by atoms with Crippen molar-refractivity contribution in [2.75, 3.05) is 6.54 Å². The Morgan fingerprint density at radius 3 is 2.36 bits per heavy atom. The molecule has 1 N–H and O–H groups in total. The van der Waals surface area contributed by atoms with Crippen molar-refractivity contribution >= 4 is 5.97 Å². The van der Waals surface area contributed by atoms with Crippen molar-refractivity contribution in [1.82, 2.24) is 5.32 Å². The van der Waals surface area contributed by atoms with Crippen LogP contribution in [0.4, 0.5) is 0 Å². The van der Waals surface area contributed by atoms with Gasteiger partial charge in [-0.2, -0.15) is 0 Å². The maximum atomic E-state index is 11.2. The molecule has 0 saturated carbocycles. The summed E-state index contributed by atoms with van der Waals surface area (Å²) in [4.78, 5) is 11.2. The summed E-state index contributed by atoms with van der Waals surface area (Å²) in [5, 5.41) is 2.99. The molecule has 0 bridgehead atoms. The highest BCUT2D eigenvalue weighted by Crippen LogP contribution is 2.12. The molecule has 1 heterocycles. The number of rotatable bonds is 1. The molecule has 0 unspecified atom stereocenters. The van der Waals surface area contributed by atoms with E-state index in [4.69, 9.17) is 4.74 Å². The summed E-state index contributed by atoms with van der Waals surface area (Å²) < 4.78 is 5.14. The molecule has 0 spiro atoms. The number of carbonyl (C=O) groups is 1. The first-order chi connectivity index (χ1) is 4.99. The van der Waals surface area contributed by atoms with Crippen LogP contribution in [0.2, 0.25) is 0 Å². The van der Waals surface area contributed by atoms with Crippen LogP contribution in [0, 0.1) is 0 Å². The van der Waals surface area contributed by atoms with Gasteiger partial charge in [0.2, 0.25) is 0 Å². The molecule has 0 aliphatic carbocycles. The number of nitrogens with one attached hydrogen (secondary N) is 1. The van der Waals surface area contributed by atoms with Crippen molar-refractivity contribution in [3.63, 3.8) is 0 Å². The van der Waals surface area contributed by atoms with Gasteiger partial charge in [-0.25, -0.2) is 0 Å². The van der Waals surface area contributed by atoms with E-state index in [0.717, 1.165) is 13.0 Å². The summed E-state index contributed by atoms with van der Waals surface area (Å²) >= 11 is 0. The summed E-state index contributed by atoms with van der Waals surface area (Å²) in [6.07, 6.45) is 0.912. The van der Waals surface area contributed by atoms with Crippen LogP contribution in [-0.4, -0.2) is 24.2 Å². The van der Waals surface area contributed by atoms with Gasteiger partial charge in [-0.15, -0.1) is 0 Å². The monoisotopic (exact) mass is 157 g/mol. The van der Waals surface area contributed by atoms with Crippen molar-refractivity contribution in [1.29, 1.82) is 0 Å². The second kappa shape index (κ2) is 2.81. The largest absolute Gasteiger partial charge is 0.459 e. The molecule has 0 amide bonds. The fourth-order valence-corrected chi connectivity index (χ4v) is 0.863. The lowest BCUT2D eigenvalue weighted by molar-refractivity contribution is -0.159. The zero-order chi connectivity index (χ0) is 8.48. The molecule has 1 rings (SSSR count). The van der Waals surface area contributed by atoms with E-state index in [0.29, 0.717) is 0 Å². The van der Waals surface area contributed by atoms with E-state index in [1.54, 1.807) is 0 Å². The smallest absolute Gasteiger partial charge is 0.323 e. The van der Waals surface area contributed by atoms with Crippen LogP contribution in [0.15, 0.2) is 0 Å². The Bertz CT molecular complexity index is 156. The van der Waals surface area contributed by atoms with Crippen molar-refractivity contribution in [3.05, 3.63) is 0 Å². The normalized spacial score (nSPS) is 24.1. The molecular weight excluding hydrogens is 142 g/mol. The van der Waals surface area contributed by atoms with Crippen molar-refractivity contribution < 1.29 is 9.53 Å². The molecule has 1 atom stereocenters. The number of ether oxygens (including phenoxy) is 1. The van der Waals surface area contributed by atoms with Gasteiger partial charge >= 0.3 is 5.97 Å². The molecule has 1 aliphatic rings. The SMILES string of the molecule is CC(C)(C)OC(=O)[C@H]1CCN1. The van der Waals surface area contributed by atoms with E-state index >= 15 is 0 Å². The van der Waals surface area contributed by atoms with Crippen LogP contribution in [0.25, 0.3) is 0 Å². The Balaban J connectivity index is 2.31. The average Bonchev–Trinajstić information content (AvgIpc) is 1.50. The fraction of sp³-hybridized carbons (Fsp3) is 0.875. The van der Waals surface area contributed by atoms with E-state index in [2.05, 4.69) is 5.32 Å². The van der Waals surface area contributed by atoms with Gasteiger partial charge in [0.1, 0.15) is 11.6 Å². The van der Waals surface area contributed by atoms with Crippen LogP contribution >= 0.6 is 0 Å². The first-order valence-electron chi connectivity index (χ1n) is 3.95. The number of esters is 1. The van der Waals surface area contributed by atoms with Gasteiger partial charge in [0.05, 0.1) is 0 Å². The van der Waals surface area contributed by atoms with Crippen molar-refractivity contribution in [3.8, 4) is 0 Å². The van der Waals surface area contributed by atoms with E-state index in [1.165, 1.54) is 0 Å². The van der Waals surface area contributed by atoms with Crippen LogP contribution in [0.1, 0.15) is 27.2 Å². The second-order valence-corrected chi connectivity index (χ2v) is 3.83. The summed E-state index contributed by atoms with van der Waals surface area (Å²) in [5.41, 5.74) is -0.353. The lowest BCUT2D eigenvalue weighted by Crippen LogP contribution is -2.50. The predicted octanol–water partition coefficient (Wildman–Crippen LogP) is 0.690. The number of hydrogen-bond donors (Lipinski definition) is 1. The van der Waals surface area contributed by atoms with Crippen molar-refractivity contribution in [2.45, 2.75) is 38.8 Å². The maximum absolute atomic E-state index is 11.2. The molecule has 3 heteroatoms. The standard InChI is InChI=1S/C8H15NO2/c1-8(2,3)11-7(10)6-4-5-9-6/h6,9H,4-5H2,1-3H3/t6-/m1/s1. The van der Waals surface area contributed by atoms with Gasteiger partial charge in [0.15, 0.2) is 0 Å². The molecule has 0 aromatic heterocycles. The van der Waals surface area contributed by atoms with Crippen LogP contribution in [0.5, 0.6) is 0 Å². The third kappa shape index (κ3) is 2.50. The Hall–Kier alpha value is -0.570. The summed E-state index contributed by atoms with van der Waals surface area (Å²) in [6, 6.07) is -0.0470. The molecule has 11 heavy (non-hydrogen) atoms. The molecule has 0 aromatic carbocycles. The summed E-state index contributed by atoms with van der Waals surface area (Å²) in [6.45, 7) is 6.57. The van der Waals surface area contributed by atoms with Gasteiger partial charge in [0, 0.05) is 0 Å². The highest BCUT2D eigenvalue weighted by Gasteiger charge is 2.29. The minimum atomic E-state index is -0.353. The third-order valence-electron chi connectivity index (χ3n) is 1.52. The van der Waals surface area contributed by atoms with Gasteiger partial charge < -0.3 is 10.1 Å². The Morgan fingerprint density at radius 2 is 2.09 bits per heavy atom. The second-order valence-electron chi connectivity index (χ2n) is 3.83. The van der Waals surface area contributed by atoms with E-state index in [1.807, 2.05) is 20.8 Å². The number of hydrogen-bond acceptors (Lipinski definition) is 3. The Labute approximate surface area is 67.1 Å². The molecule has 0 aromatic rings. The minimum Gasteiger partial charge on any atom is -0.459 e. The minimum absolute atomic E-state index is 0.0470. The van der Waals surface area contributed by atoms with Crippen LogP contribution in [0.3, 0.4) is 0 Å². The molecule has 3 nitrogen and oxygen atoms in total. The first-order valence-corrected chi connectivity index (χ1v) is 3.95. The predicted molar refractivity (Wildman–Crippen MR) is 42.3 cm³/mol. The fourth-order valence-electron chi connectivity index (χ4n) is 0.863.